The van der Waals surface area contributed by atoms with Gasteiger partial charge in [0.05, 0.1) is 24.4 Å². The molecule has 0 atom stereocenters. The highest BCUT2D eigenvalue weighted by molar-refractivity contribution is 8.00. The van der Waals surface area contributed by atoms with Crippen molar-refractivity contribution in [1.82, 2.24) is 4.98 Å². The molecule has 2 aromatic rings. The first-order chi connectivity index (χ1) is 14.0. The van der Waals surface area contributed by atoms with Crippen molar-refractivity contribution in [3.8, 4) is 0 Å². The second-order valence-electron chi connectivity index (χ2n) is 6.57. The van der Waals surface area contributed by atoms with Gasteiger partial charge in [0.25, 0.3) is 0 Å². The molecule has 1 aromatic carbocycles. The first-order valence-electron chi connectivity index (χ1n) is 9.31. The predicted molar refractivity (Wildman–Crippen MR) is 109 cm³/mol. The summed E-state index contributed by atoms with van der Waals surface area (Å²) in [4.78, 5) is 30.7. The van der Waals surface area contributed by atoms with Crippen LogP contribution in [0.4, 0.5) is 15.9 Å². The number of nitrogens with zero attached hydrogens (tertiary/aromatic N) is 2. The number of esters is 1. The van der Waals surface area contributed by atoms with Gasteiger partial charge in [-0.05, 0) is 62.0 Å². The molecule has 0 aliphatic carbocycles. The molecule has 1 fully saturated rings. The van der Waals surface area contributed by atoms with E-state index in [0.717, 1.165) is 4.90 Å². The Hall–Kier alpha value is -2.81. The van der Waals surface area contributed by atoms with Crippen LogP contribution in [0.3, 0.4) is 0 Å². The molecule has 3 rings (SSSR count). The van der Waals surface area contributed by atoms with Gasteiger partial charge in [0.2, 0.25) is 0 Å². The number of carbonyl (C=O) groups excluding carboxylic acids is 1. The molecule has 0 saturated carbocycles. The van der Waals surface area contributed by atoms with Crippen molar-refractivity contribution >= 4 is 35.4 Å². The Labute approximate surface area is 172 Å². The molecule has 1 aliphatic heterocycles. The molecule has 1 saturated heterocycles. The van der Waals surface area contributed by atoms with Crippen LogP contribution in [0, 0.1) is 11.7 Å². The Morgan fingerprint density at radius 1 is 1.31 bits per heavy atom. The first-order valence-corrected chi connectivity index (χ1v) is 10.1. The average Bonchev–Trinajstić information content (AvgIpc) is 2.73. The number of hydrogen-bond acceptors (Lipinski definition) is 7. The highest BCUT2D eigenvalue weighted by atomic mass is 32.2. The SMILES string of the molecule is CCOC(=O)C1CCN(c2ncc(NSc3ccc(F)cc3)cc2C(=O)O)CC1. The van der Waals surface area contributed by atoms with Gasteiger partial charge in [0.15, 0.2) is 0 Å². The van der Waals surface area contributed by atoms with Crippen molar-refractivity contribution in [2.45, 2.75) is 24.7 Å². The predicted octanol–water partition coefficient (Wildman–Crippen LogP) is 3.82. The molecule has 1 aliphatic rings. The van der Waals surface area contributed by atoms with Crippen LogP contribution < -0.4 is 9.62 Å². The van der Waals surface area contributed by atoms with Crippen LogP contribution in [-0.2, 0) is 9.53 Å². The van der Waals surface area contributed by atoms with Crippen molar-refractivity contribution in [2.24, 2.45) is 5.92 Å². The number of piperidine rings is 1. The Morgan fingerprint density at radius 2 is 2.00 bits per heavy atom. The van der Waals surface area contributed by atoms with E-state index >= 15 is 0 Å². The van der Waals surface area contributed by atoms with Gasteiger partial charge in [0.1, 0.15) is 17.2 Å². The molecule has 0 unspecified atom stereocenters. The third-order valence-corrected chi connectivity index (χ3v) is 5.46. The maximum atomic E-state index is 13.0. The number of halogens is 1. The van der Waals surface area contributed by atoms with Gasteiger partial charge in [-0.2, -0.15) is 0 Å². The first kappa shape index (κ1) is 20.9. The maximum Gasteiger partial charge on any atom is 0.339 e. The van der Waals surface area contributed by atoms with E-state index in [1.807, 2.05) is 4.90 Å². The second kappa shape index (κ2) is 9.60. The number of ether oxygens (including phenoxy) is 1. The lowest BCUT2D eigenvalue weighted by atomic mass is 9.96. The standard InChI is InChI=1S/C20H22FN3O4S/c1-2-28-20(27)13-7-9-24(10-8-13)18-17(19(25)26)11-15(12-22-18)23-29-16-5-3-14(21)4-6-16/h3-6,11-13,23H,2,7-10H2,1H3,(H,25,26). The fourth-order valence-electron chi connectivity index (χ4n) is 3.13. The van der Waals surface area contributed by atoms with Crippen LogP contribution >= 0.6 is 11.9 Å². The minimum atomic E-state index is -1.07. The quantitative estimate of drug-likeness (QED) is 0.517. The zero-order valence-electron chi connectivity index (χ0n) is 15.9. The number of carbonyl (C=O) groups is 2. The zero-order chi connectivity index (χ0) is 20.8. The normalized spacial score (nSPS) is 14.5. The Bertz CT molecular complexity index is 871. The molecule has 2 N–H and O–H groups in total. The number of benzene rings is 1. The Balaban J connectivity index is 1.67. The minimum absolute atomic E-state index is 0.0873. The van der Waals surface area contributed by atoms with Crippen molar-refractivity contribution in [1.29, 1.82) is 0 Å². The number of carboxylic acid groups (broad SMARTS) is 1. The van der Waals surface area contributed by atoms with Crippen LogP contribution in [0.25, 0.3) is 0 Å². The molecular formula is C20H22FN3O4S. The van der Waals surface area contributed by atoms with Crippen molar-refractivity contribution in [2.75, 3.05) is 29.3 Å². The van der Waals surface area contributed by atoms with Crippen LogP contribution in [0.2, 0.25) is 0 Å². The molecule has 2 heterocycles. The molecule has 0 amide bonds. The lowest BCUT2D eigenvalue weighted by Crippen LogP contribution is -2.38. The van der Waals surface area contributed by atoms with Gasteiger partial charge in [-0.15, -0.1) is 0 Å². The lowest BCUT2D eigenvalue weighted by molar-refractivity contribution is -0.148. The van der Waals surface area contributed by atoms with E-state index in [9.17, 15) is 19.1 Å². The summed E-state index contributed by atoms with van der Waals surface area (Å²) in [5.74, 6) is -1.36. The van der Waals surface area contributed by atoms with Crippen LogP contribution in [0.5, 0.6) is 0 Å². The smallest absolute Gasteiger partial charge is 0.339 e. The average molecular weight is 419 g/mol. The van der Waals surface area contributed by atoms with Gasteiger partial charge in [-0.3, -0.25) is 4.79 Å². The number of rotatable bonds is 7. The van der Waals surface area contributed by atoms with Gasteiger partial charge in [0, 0.05) is 18.0 Å². The van der Waals surface area contributed by atoms with E-state index in [0.29, 0.717) is 44.0 Å². The van der Waals surface area contributed by atoms with E-state index < -0.39 is 5.97 Å². The molecule has 0 bridgehead atoms. The van der Waals surface area contributed by atoms with Gasteiger partial charge < -0.3 is 19.5 Å². The van der Waals surface area contributed by atoms with Gasteiger partial charge in [-0.25, -0.2) is 14.2 Å². The Kier molecular flexibility index (Phi) is 6.92. The molecule has 29 heavy (non-hydrogen) atoms. The van der Waals surface area contributed by atoms with E-state index in [2.05, 4.69) is 9.71 Å². The fraction of sp³-hybridized carbons (Fsp3) is 0.350. The summed E-state index contributed by atoms with van der Waals surface area (Å²) in [5.41, 5.74) is 0.617. The van der Waals surface area contributed by atoms with Crippen LogP contribution in [-0.4, -0.2) is 41.7 Å². The number of aromatic carboxylic acids is 1. The molecule has 154 valence electrons. The van der Waals surface area contributed by atoms with E-state index in [-0.39, 0.29) is 23.3 Å². The second-order valence-corrected chi connectivity index (χ2v) is 7.45. The van der Waals surface area contributed by atoms with Gasteiger partial charge >= 0.3 is 11.9 Å². The largest absolute Gasteiger partial charge is 0.478 e. The third-order valence-electron chi connectivity index (χ3n) is 4.61. The summed E-state index contributed by atoms with van der Waals surface area (Å²) in [6.45, 7) is 3.20. The topological polar surface area (TPSA) is 91.8 Å². The maximum absolute atomic E-state index is 13.0. The summed E-state index contributed by atoms with van der Waals surface area (Å²) in [5, 5.41) is 9.63. The summed E-state index contributed by atoms with van der Waals surface area (Å²) in [7, 11) is 0. The number of hydrogen-bond donors (Lipinski definition) is 2. The third kappa shape index (κ3) is 5.38. The molecular weight excluding hydrogens is 397 g/mol. The van der Waals surface area contributed by atoms with Crippen molar-refractivity contribution in [3.05, 3.63) is 47.9 Å². The lowest BCUT2D eigenvalue weighted by Gasteiger charge is -2.32. The number of anilines is 2. The monoisotopic (exact) mass is 419 g/mol. The molecule has 0 radical (unpaired) electrons. The highest BCUT2D eigenvalue weighted by Crippen LogP contribution is 2.29. The fourth-order valence-corrected chi connectivity index (χ4v) is 3.75. The summed E-state index contributed by atoms with van der Waals surface area (Å²) < 4.78 is 21.1. The van der Waals surface area contributed by atoms with Crippen molar-refractivity contribution < 1.29 is 23.8 Å². The van der Waals surface area contributed by atoms with E-state index in [1.54, 1.807) is 25.3 Å². The molecule has 7 nitrogen and oxygen atoms in total. The number of aromatic nitrogens is 1. The molecule has 0 spiro atoms. The molecule has 1 aromatic heterocycles. The minimum Gasteiger partial charge on any atom is -0.478 e. The zero-order valence-corrected chi connectivity index (χ0v) is 16.7. The number of carboxylic acids is 1. The van der Waals surface area contributed by atoms with E-state index in [1.165, 1.54) is 30.1 Å². The Morgan fingerprint density at radius 3 is 2.62 bits per heavy atom. The van der Waals surface area contributed by atoms with Crippen LogP contribution in [0.15, 0.2) is 41.4 Å². The number of nitrogens with one attached hydrogen (secondary N) is 1. The summed E-state index contributed by atoms with van der Waals surface area (Å²) in [6, 6.07) is 7.49. The van der Waals surface area contributed by atoms with Gasteiger partial charge in [-0.1, -0.05) is 0 Å². The van der Waals surface area contributed by atoms with Crippen molar-refractivity contribution in [3.63, 3.8) is 0 Å². The number of pyridine rings is 1. The van der Waals surface area contributed by atoms with Crippen LogP contribution in [0.1, 0.15) is 30.1 Å². The highest BCUT2D eigenvalue weighted by Gasteiger charge is 2.28. The molecule has 9 heteroatoms. The summed E-state index contributed by atoms with van der Waals surface area (Å²) >= 11 is 1.24. The summed E-state index contributed by atoms with van der Waals surface area (Å²) in [6.07, 6.45) is 2.76. The van der Waals surface area contributed by atoms with E-state index in [4.69, 9.17) is 4.74 Å².